The van der Waals surface area contributed by atoms with E-state index in [0.29, 0.717) is 18.2 Å². The molecule has 1 aliphatic carbocycles. The average Bonchev–Trinajstić information content (AvgIpc) is 2.74. The van der Waals surface area contributed by atoms with Gasteiger partial charge >= 0.3 is 0 Å². The Kier molecular flexibility index (Phi) is 7.03. The number of benzene rings is 1. The second kappa shape index (κ2) is 9.90. The highest BCUT2D eigenvalue weighted by atomic mass is 35.5. The van der Waals surface area contributed by atoms with Crippen LogP contribution in [0.2, 0.25) is 5.02 Å². The second-order valence-corrected chi connectivity index (χ2v) is 8.46. The van der Waals surface area contributed by atoms with E-state index in [0.717, 1.165) is 50.9 Å². The Bertz CT molecular complexity index is 795. The van der Waals surface area contributed by atoms with Crippen molar-refractivity contribution in [3.05, 3.63) is 58.9 Å². The molecule has 6 heteroatoms. The fourth-order valence-corrected chi connectivity index (χ4v) is 4.48. The molecule has 4 rings (SSSR count). The summed E-state index contributed by atoms with van der Waals surface area (Å²) < 4.78 is 12.1. The summed E-state index contributed by atoms with van der Waals surface area (Å²) in [5, 5.41) is 11.1. The summed E-state index contributed by atoms with van der Waals surface area (Å²) in [6, 6.07) is 10.3. The third-order valence-corrected chi connectivity index (χ3v) is 6.00. The molecule has 2 aliphatic rings. The van der Waals surface area contributed by atoms with Crippen LogP contribution in [0, 0.1) is 0 Å². The topological polar surface area (TPSA) is 54.8 Å². The Balaban J connectivity index is 1.19. The molecule has 2 aromatic rings. The number of likely N-dealkylation sites (tertiary alicyclic amines) is 1. The molecule has 1 N–H and O–H groups in total. The SMILES string of the molecule is OC(COC1CCCc2ccccc21)CN1CCC(Oc2cncc(Cl)c2)CC1. The minimum absolute atomic E-state index is 0.111. The van der Waals surface area contributed by atoms with Crippen molar-refractivity contribution in [2.24, 2.45) is 0 Å². The summed E-state index contributed by atoms with van der Waals surface area (Å²) in [6.45, 7) is 2.83. The Morgan fingerprint density at radius 2 is 2.00 bits per heavy atom. The minimum Gasteiger partial charge on any atom is -0.489 e. The van der Waals surface area contributed by atoms with Gasteiger partial charge < -0.3 is 19.5 Å². The number of rotatable bonds is 7. The highest BCUT2D eigenvalue weighted by Gasteiger charge is 2.24. The fraction of sp³-hybridized carbons (Fsp3) is 0.522. The maximum Gasteiger partial charge on any atom is 0.139 e. The summed E-state index contributed by atoms with van der Waals surface area (Å²) in [5.41, 5.74) is 2.68. The number of hydrogen-bond donors (Lipinski definition) is 1. The van der Waals surface area contributed by atoms with Gasteiger partial charge in [0.05, 0.1) is 30.0 Å². The predicted molar refractivity (Wildman–Crippen MR) is 113 cm³/mol. The normalized spacial score (nSPS) is 21.5. The maximum atomic E-state index is 10.5. The number of fused-ring (bicyclic) bond motifs is 1. The molecule has 1 aliphatic heterocycles. The lowest BCUT2D eigenvalue weighted by atomic mass is 9.89. The van der Waals surface area contributed by atoms with E-state index in [9.17, 15) is 5.11 Å². The molecule has 5 nitrogen and oxygen atoms in total. The lowest BCUT2D eigenvalue weighted by molar-refractivity contribution is -0.0328. The van der Waals surface area contributed by atoms with E-state index in [1.54, 1.807) is 18.5 Å². The van der Waals surface area contributed by atoms with Gasteiger partial charge in [-0.1, -0.05) is 35.9 Å². The van der Waals surface area contributed by atoms with E-state index in [2.05, 4.69) is 34.1 Å². The van der Waals surface area contributed by atoms with Crippen LogP contribution >= 0.6 is 11.6 Å². The van der Waals surface area contributed by atoms with Crippen molar-refractivity contribution < 1.29 is 14.6 Å². The molecular weight excluding hydrogens is 388 g/mol. The monoisotopic (exact) mass is 416 g/mol. The molecule has 2 unspecified atom stereocenters. The predicted octanol–water partition coefficient (Wildman–Crippen LogP) is 4.03. The standard InChI is InChI=1S/C23H29ClN2O3/c24-18-12-21(14-25-13-18)29-20-8-10-26(11-9-20)15-19(27)16-28-23-7-3-5-17-4-1-2-6-22(17)23/h1-2,4,6,12-14,19-20,23,27H,3,5,7-11,15-16H2. The molecule has 29 heavy (non-hydrogen) atoms. The summed E-state index contributed by atoms with van der Waals surface area (Å²) in [5.74, 6) is 0.720. The van der Waals surface area contributed by atoms with Gasteiger partial charge in [0.1, 0.15) is 11.9 Å². The molecule has 1 aromatic heterocycles. The van der Waals surface area contributed by atoms with Crippen LogP contribution in [-0.2, 0) is 11.2 Å². The van der Waals surface area contributed by atoms with Gasteiger partial charge in [-0.3, -0.25) is 4.98 Å². The Morgan fingerprint density at radius 3 is 2.83 bits per heavy atom. The van der Waals surface area contributed by atoms with Crippen LogP contribution in [0.25, 0.3) is 0 Å². The zero-order valence-corrected chi connectivity index (χ0v) is 17.4. The number of β-amino-alcohol motifs (C(OH)–C–C–N with tert-alkyl or cyclic N) is 1. The van der Waals surface area contributed by atoms with Crippen LogP contribution in [0.1, 0.15) is 42.9 Å². The van der Waals surface area contributed by atoms with Gasteiger partial charge in [0.25, 0.3) is 0 Å². The molecule has 2 heterocycles. The van der Waals surface area contributed by atoms with Crippen molar-refractivity contribution in [3.63, 3.8) is 0 Å². The first-order chi connectivity index (χ1) is 14.2. The van der Waals surface area contributed by atoms with Crippen molar-refractivity contribution in [1.82, 2.24) is 9.88 Å². The van der Waals surface area contributed by atoms with Crippen molar-refractivity contribution in [2.75, 3.05) is 26.2 Å². The molecule has 1 aromatic carbocycles. The van der Waals surface area contributed by atoms with E-state index in [4.69, 9.17) is 21.1 Å². The number of aromatic nitrogens is 1. The van der Waals surface area contributed by atoms with Crippen LogP contribution in [0.4, 0.5) is 0 Å². The largest absolute Gasteiger partial charge is 0.489 e. The molecule has 156 valence electrons. The lowest BCUT2D eigenvalue weighted by Crippen LogP contribution is -2.43. The number of pyridine rings is 1. The van der Waals surface area contributed by atoms with E-state index in [1.165, 1.54) is 11.1 Å². The first-order valence-corrected chi connectivity index (χ1v) is 10.9. The van der Waals surface area contributed by atoms with Crippen molar-refractivity contribution in [2.45, 2.75) is 50.4 Å². The highest BCUT2D eigenvalue weighted by molar-refractivity contribution is 6.30. The molecule has 0 bridgehead atoms. The number of aryl methyl sites for hydroxylation is 1. The molecule has 2 atom stereocenters. The molecule has 1 saturated heterocycles. The van der Waals surface area contributed by atoms with Gasteiger partial charge in [-0.2, -0.15) is 0 Å². The molecule has 1 fully saturated rings. The Labute approximate surface area is 177 Å². The van der Waals surface area contributed by atoms with Crippen molar-refractivity contribution >= 4 is 11.6 Å². The highest BCUT2D eigenvalue weighted by Crippen LogP contribution is 2.32. The number of nitrogens with zero attached hydrogens (tertiary/aromatic N) is 2. The average molecular weight is 417 g/mol. The van der Waals surface area contributed by atoms with E-state index < -0.39 is 6.10 Å². The van der Waals surface area contributed by atoms with Gasteiger partial charge in [0.15, 0.2) is 0 Å². The molecule has 0 spiro atoms. The third-order valence-electron chi connectivity index (χ3n) is 5.79. The van der Waals surface area contributed by atoms with Crippen LogP contribution < -0.4 is 4.74 Å². The van der Waals surface area contributed by atoms with Crippen LogP contribution in [-0.4, -0.2) is 53.4 Å². The number of piperidine rings is 1. The van der Waals surface area contributed by atoms with Crippen LogP contribution in [0.5, 0.6) is 5.75 Å². The summed E-state index contributed by atoms with van der Waals surface area (Å²) in [6.07, 6.45) is 8.26. The van der Waals surface area contributed by atoms with Crippen molar-refractivity contribution in [1.29, 1.82) is 0 Å². The Morgan fingerprint density at radius 1 is 1.17 bits per heavy atom. The fourth-order valence-electron chi connectivity index (χ4n) is 4.32. The van der Waals surface area contributed by atoms with Crippen molar-refractivity contribution in [3.8, 4) is 5.75 Å². The smallest absolute Gasteiger partial charge is 0.139 e. The lowest BCUT2D eigenvalue weighted by Gasteiger charge is -2.33. The molecule has 0 saturated carbocycles. The third kappa shape index (κ3) is 5.70. The second-order valence-electron chi connectivity index (χ2n) is 8.02. The van der Waals surface area contributed by atoms with Gasteiger partial charge in [-0.05, 0) is 43.2 Å². The van der Waals surface area contributed by atoms with E-state index >= 15 is 0 Å². The zero-order valence-electron chi connectivity index (χ0n) is 16.7. The number of aliphatic hydroxyl groups excluding tert-OH is 1. The van der Waals surface area contributed by atoms with Gasteiger partial charge in [0, 0.05) is 31.9 Å². The molecule has 0 radical (unpaired) electrons. The Hall–Kier alpha value is -1.66. The zero-order chi connectivity index (χ0) is 20.1. The number of aliphatic hydroxyl groups is 1. The van der Waals surface area contributed by atoms with Gasteiger partial charge in [-0.15, -0.1) is 0 Å². The number of ether oxygens (including phenoxy) is 2. The first kappa shape index (κ1) is 20.6. The van der Waals surface area contributed by atoms with Crippen LogP contribution in [0.3, 0.4) is 0 Å². The van der Waals surface area contributed by atoms with E-state index in [1.807, 2.05) is 0 Å². The van der Waals surface area contributed by atoms with E-state index in [-0.39, 0.29) is 12.2 Å². The first-order valence-electron chi connectivity index (χ1n) is 10.5. The molecule has 0 amide bonds. The summed E-state index contributed by atoms with van der Waals surface area (Å²) in [4.78, 5) is 6.35. The summed E-state index contributed by atoms with van der Waals surface area (Å²) >= 11 is 5.97. The van der Waals surface area contributed by atoms with Crippen LogP contribution in [0.15, 0.2) is 42.7 Å². The minimum atomic E-state index is -0.473. The quantitative estimate of drug-likeness (QED) is 0.738. The van der Waals surface area contributed by atoms with Gasteiger partial charge in [0.2, 0.25) is 0 Å². The van der Waals surface area contributed by atoms with Gasteiger partial charge in [-0.25, -0.2) is 0 Å². The molecular formula is C23H29ClN2O3. The summed E-state index contributed by atoms with van der Waals surface area (Å²) in [7, 11) is 0. The maximum absolute atomic E-state index is 10.5. The number of hydrogen-bond acceptors (Lipinski definition) is 5. The number of halogens is 1.